The lowest BCUT2D eigenvalue weighted by molar-refractivity contribution is -0.669. The zero-order chi connectivity index (χ0) is 37.0. The summed E-state index contributed by atoms with van der Waals surface area (Å²) in [5.74, 6) is -1.44. The van der Waals surface area contributed by atoms with Crippen molar-refractivity contribution >= 4 is 104 Å². The first kappa shape index (κ1) is 41.0. The van der Waals surface area contributed by atoms with Crippen LogP contribution in [-0.4, -0.2) is 53.7 Å². The number of carbonyl (C=O) groups is 2. The summed E-state index contributed by atoms with van der Waals surface area (Å²) in [6.07, 6.45) is 28.9. The number of rotatable bonds is 19. The molecule has 52 heavy (non-hydrogen) atoms. The third-order valence-corrected chi connectivity index (χ3v) is 14.8. The van der Waals surface area contributed by atoms with Gasteiger partial charge < -0.3 is 15.1 Å². The molecule has 0 spiro atoms. The molecule has 278 valence electrons. The number of thioether (sulfide) groups is 5. The predicted molar refractivity (Wildman–Crippen MR) is 228 cm³/mol. The van der Waals surface area contributed by atoms with E-state index in [0.29, 0.717) is 12.8 Å². The number of aromatic nitrogens is 1. The van der Waals surface area contributed by atoms with Crippen molar-refractivity contribution in [1.82, 2.24) is 0 Å². The Hall–Kier alpha value is -2.22. The van der Waals surface area contributed by atoms with Gasteiger partial charge in [-0.2, -0.15) is 4.57 Å². The molecular formula is C40H49N2O4S6+. The van der Waals surface area contributed by atoms with E-state index in [-0.39, 0.29) is 12.8 Å². The summed E-state index contributed by atoms with van der Waals surface area (Å²) in [5.41, 5.74) is 5.18. The maximum Gasteiger partial charge on any atom is 0.303 e. The van der Waals surface area contributed by atoms with E-state index in [1.54, 1.807) is 47.0 Å². The van der Waals surface area contributed by atoms with E-state index >= 15 is 0 Å². The first-order chi connectivity index (χ1) is 25.2. The van der Waals surface area contributed by atoms with Crippen LogP contribution in [0.4, 0.5) is 5.69 Å². The van der Waals surface area contributed by atoms with Crippen molar-refractivity contribution < 1.29 is 24.4 Å². The van der Waals surface area contributed by atoms with Crippen molar-refractivity contribution in [2.75, 3.05) is 36.5 Å². The van der Waals surface area contributed by atoms with Gasteiger partial charge in [0.15, 0.2) is 6.54 Å². The second-order valence-corrected chi connectivity index (χ2v) is 18.3. The molecule has 5 rings (SSSR count). The minimum Gasteiger partial charge on any atom is -0.481 e. The van der Waals surface area contributed by atoms with Crippen LogP contribution in [0.2, 0.25) is 0 Å². The smallest absolute Gasteiger partial charge is 0.303 e. The maximum absolute atomic E-state index is 11.0. The molecule has 2 heterocycles. The van der Waals surface area contributed by atoms with Gasteiger partial charge in [-0.3, -0.25) is 9.59 Å². The highest BCUT2D eigenvalue weighted by Gasteiger charge is 2.27. The highest BCUT2D eigenvalue weighted by molar-refractivity contribution is 8.04. The second kappa shape index (κ2) is 20.5. The van der Waals surface area contributed by atoms with Gasteiger partial charge in [-0.1, -0.05) is 47.7 Å². The van der Waals surface area contributed by atoms with Crippen LogP contribution in [-0.2, 0) is 16.1 Å². The lowest BCUT2D eigenvalue weighted by Gasteiger charge is -2.21. The van der Waals surface area contributed by atoms with Crippen molar-refractivity contribution in [1.29, 1.82) is 0 Å². The molecule has 2 aliphatic rings. The number of aryl methyl sites for hydroxylation is 1. The summed E-state index contributed by atoms with van der Waals surface area (Å²) in [5, 5.41) is 20.6. The minimum absolute atomic E-state index is 0.229. The van der Waals surface area contributed by atoms with Gasteiger partial charge in [-0.05, 0) is 105 Å². The van der Waals surface area contributed by atoms with E-state index in [1.807, 2.05) is 23.1 Å². The summed E-state index contributed by atoms with van der Waals surface area (Å²) in [6.45, 7) is 1.74. The number of allylic oxidation sites excluding steroid dienone is 6. The van der Waals surface area contributed by atoms with Crippen molar-refractivity contribution in [3.8, 4) is 0 Å². The lowest BCUT2D eigenvalue weighted by Crippen LogP contribution is -2.35. The van der Waals surface area contributed by atoms with Crippen LogP contribution in [0.1, 0.15) is 75.6 Å². The summed E-state index contributed by atoms with van der Waals surface area (Å²) in [7, 11) is 0. The summed E-state index contributed by atoms with van der Waals surface area (Å²) < 4.78 is 3.72. The Kier molecular flexibility index (Phi) is 16.1. The number of unbranched alkanes of at least 4 members (excludes halogenated alkanes) is 4. The van der Waals surface area contributed by atoms with E-state index in [9.17, 15) is 9.59 Å². The van der Waals surface area contributed by atoms with Crippen LogP contribution >= 0.6 is 70.1 Å². The van der Waals surface area contributed by atoms with Gasteiger partial charge in [0, 0.05) is 62.4 Å². The molecule has 1 aliphatic carbocycles. The molecule has 1 aliphatic heterocycles. The number of aliphatic carboxylic acids is 2. The molecule has 12 heteroatoms. The van der Waals surface area contributed by atoms with Crippen LogP contribution in [0.15, 0.2) is 89.2 Å². The Morgan fingerprint density at radius 1 is 0.788 bits per heavy atom. The topological polar surface area (TPSA) is 81.7 Å². The number of nitrogens with zero attached hydrogens (tertiary/aromatic N) is 2. The highest BCUT2D eigenvalue weighted by atomic mass is 32.2. The molecule has 0 fully saturated rings. The van der Waals surface area contributed by atoms with Crippen LogP contribution in [0, 0.1) is 0 Å². The molecular weight excluding hydrogens is 765 g/mol. The number of carboxylic acids is 2. The predicted octanol–water partition coefficient (Wildman–Crippen LogP) is 11.9. The molecule has 3 aromatic rings. The van der Waals surface area contributed by atoms with Gasteiger partial charge in [-0.25, -0.2) is 0 Å². The molecule has 6 nitrogen and oxygen atoms in total. The first-order valence-electron chi connectivity index (χ1n) is 17.8. The monoisotopic (exact) mass is 813 g/mol. The third kappa shape index (κ3) is 10.9. The molecule has 0 saturated carbocycles. The van der Waals surface area contributed by atoms with Crippen molar-refractivity contribution in [3.05, 3.63) is 69.8 Å². The molecule has 0 unspecified atom stereocenters. The second-order valence-electron chi connectivity index (χ2n) is 12.8. The number of benzene rings is 2. The first-order valence-corrected chi connectivity index (χ1v) is 24.3. The van der Waals surface area contributed by atoms with E-state index in [1.165, 1.54) is 61.6 Å². The normalized spacial score (nSPS) is 16.1. The Labute approximate surface area is 334 Å². The molecule has 0 amide bonds. The van der Waals surface area contributed by atoms with Crippen LogP contribution in [0.3, 0.4) is 0 Å². The van der Waals surface area contributed by atoms with Gasteiger partial charge >= 0.3 is 11.9 Å². The van der Waals surface area contributed by atoms with Crippen molar-refractivity contribution in [2.24, 2.45) is 0 Å². The fourth-order valence-corrected chi connectivity index (χ4v) is 11.9. The van der Waals surface area contributed by atoms with Crippen molar-refractivity contribution in [3.63, 3.8) is 0 Å². The number of hydrogen-bond acceptors (Lipinski definition) is 9. The lowest BCUT2D eigenvalue weighted by atomic mass is 9.94. The van der Waals surface area contributed by atoms with Gasteiger partial charge in [-0.15, -0.1) is 47.0 Å². The van der Waals surface area contributed by atoms with E-state index in [2.05, 4.69) is 89.1 Å². The molecule has 1 aromatic heterocycles. The molecule has 2 aromatic carbocycles. The van der Waals surface area contributed by atoms with Gasteiger partial charge in [0.25, 0.3) is 5.01 Å². The maximum atomic E-state index is 11.0. The highest BCUT2D eigenvalue weighted by Crippen LogP contribution is 2.50. The number of carboxylic acid groups (broad SMARTS) is 2. The van der Waals surface area contributed by atoms with E-state index in [0.717, 1.165) is 58.0 Å². The Balaban J connectivity index is 1.38. The average molecular weight is 814 g/mol. The zero-order valence-corrected chi connectivity index (χ0v) is 35.3. The number of thiazole rings is 1. The minimum atomic E-state index is -0.722. The van der Waals surface area contributed by atoms with Gasteiger partial charge in [0.1, 0.15) is 4.70 Å². The third-order valence-electron chi connectivity index (χ3n) is 9.20. The van der Waals surface area contributed by atoms with Crippen molar-refractivity contribution in [2.45, 2.75) is 102 Å². The van der Waals surface area contributed by atoms with Crippen LogP contribution in [0.5, 0.6) is 0 Å². The van der Waals surface area contributed by atoms with Gasteiger partial charge in [0.2, 0.25) is 5.52 Å². The number of fused-ring (bicyclic) bond motifs is 2. The summed E-state index contributed by atoms with van der Waals surface area (Å²) in [4.78, 5) is 31.0. The largest absolute Gasteiger partial charge is 0.481 e. The van der Waals surface area contributed by atoms with Gasteiger partial charge in [0.05, 0.1) is 10.7 Å². The van der Waals surface area contributed by atoms with Crippen LogP contribution < -0.4 is 9.47 Å². The Morgan fingerprint density at radius 2 is 1.44 bits per heavy atom. The molecule has 0 saturated heterocycles. The Morgan fingerprint density at radius 3 is 2.13 bits per heavy atom. The standard InChI is InChI=1S/C40H48N2O4S6/c1-47-33-23-29-31(25-35(33)49-3)51-37(41(29)20-9-5-7-14-39(43)44)18-16-27-12-11-13-28(22-27)17-19-38-42(21-10-6-8-15-40(45)46)30-24-34(48-2)36(50-4)26-32(30)52-38/h16-19,22-26H,5-15,20-21H2,1-4H3,(H-,43,44,45,46)/p+1. The average Bonchev–Trinajstić information content (AvgIpc) is 3.66. The molecule has 2 N–H and O–H groups in total. The summed E-state index contributed by atoms with van der Waals surface area (Å²) >= 11 is 10.8. The Bertz CT molecular complexity index is 1880. The number of hydrogen-bond donors (Lipinski definition) is 2. The zero-order valence-electron chi connectivity index (χ0n) is 30.4. The fourth-order valence-electron chi connectivity index (χ4n) is 6.51. The fraction of sp³-hybridized carbons (Fsp3) is 0.425. The molecule has 0 radical (unpaired) electrons. The number of anilines is 1. The van der Waals surface area contributed by atoms with E-state index < -0.39 is 11.9 Å². The molecule has 0 atom stereocenters. The summed E-state index contributed by atoms with van der Waals surface area (Å²) in [6, 6.07) is 9.30. The van der Waals surface area contributed by atoms with Crippen LogP contribution in [0.25, 0.3) is 16.3 Å². The van der Waals surface area contributed by atoms with E-state index in [4.69, 9.17) is 10.2 Å². The molecule has 0 bridgehead atoms. The quantitative estimate of drug-likeness (QED) is 0.0693. The SMILES string of the molecule is CSc1cc2c(cc1SC)N(CCCCCC(=O)O)/C(=C/C=C1C=C(/C=C/c3sc4cc(SC)c(SC)cc4[n+]3CCCCCC(=O)O)CCC/1)S2.